The van der Waals surface area contributed by atoms with Gasteiger partial charge in [-0.1, -0.05) is 22.0 Å². The third kappa shape index (κ3) is 2.73. The smallest absolute Gasteiger partial charge is 0.230 e. The maximum atomic E-state index is 14.1. The fourth-order valence-electron chi connectivity index (χ4n) is 3.72. The second-order valence-electron chi connectivity index (χ2n) is 6.14. The summed E-state index contributed by atoms with van der Waals surface area (Å²) in [6.07, 6.45) is 2.90. The number of aliphatic hydroxyl groups is 1. The number of carbonyl (C=O) groups excluding carboxylic acids is 1. The molecule has 2 aliphatic rings. The Kier molecular flexibility index (Phi) is 4.06. The number of aliphatic hydroxyl groups excluding tert-OH is 1. The van der Waals surface area contributed by atoms with Crippen LogP contribution in [0.2, 0.25) is 0 Å². The number of benzene rings is 1. The summed E-state index contributed by atoms with van der Waals surface area (Å²) in [5, 5.41) is 9.82. The molecule has 0 saturated carbocycles. The van der Waals surface area contributed by atoms with Crippen molar-refractivity contribution in [2.75, 3.05) is 0 Å². The Bertz CT molecular complexity index is 551. The van der Waals surface area contributed by atoms with E-state index in [0.717, 1.165) is 12.8 Å². The van der Waals surface area contributed by atoms with Gasteiger partial charge in [0.25, 0.3) is 0 Å². The Balaban J connectivity index is 1.82. The molecule has 0 aliphatic carbocycles. The normalized spacial score (nSPS) is 29.5. The van der Waals surface area contributed by atoms with Crippen LogP contribution >= 0.6 is 15.9 Å². The third-order valence-corrected chi connectivity index (χ3v) is 5.26. The van der Waals surface area contributed by atoms with Crippen molar-refractivity contribution < 1.29 is 14.3 Å². The minimum absolute atomic E-state index is 0.0179. The lowest BCUT2D eigenvalue weighted by atomic mass is 9.94. The van der Waals surface area contributed by atoms with Crippen LogP contribution in [-0.4, -0.2) is 34.1 Å². The van der Waals surface area contributed by atoms with Crippen LogP contribution in [0.1, 0.15) is 44.1 Å². The number of amides is 1. The molecular weight excluding hydrogens is 337 g/mol. The highest BCUT2D eigenvalue weighted by molar-refractivity contribution is 9.10. The fourth-order valence-corrected chi connectivity index (χ4v) is 4.05. The van der Waals surface area contributed by atoms with Crippen molar-refractivity contribution in [2.45, 2.75) is 56.7 Å². The Morgan fingerprint density at radius 2 is 2.00 bits per heavy atom. The first-order valence-electron chi connectivity index (χ1n) is 7.42. The predicted octanol–water partition coefficient (Wildman–Crippen LogP) is 3.21. The summed E-state index contributed by atoms with van der Waals surface area (Å²) in [5.74, 6) is -0.860. The molecule has 3 rings (SSSR count). The van der Waals surface area contributed by atoms with Crippen molar-refractivity contribution in [3.05, 3.63) is 34.1 Å². The van der Waals surface area contributed by atoms with Gasteiger partial charge in [-0.25, -0.2) is 4.39 Å². The lowest BCUT2D eigenvalue weighted by molar-refractivity contribution is -0.138. The molecule has 0 radical (unpaired) electrons. The van der Waals surface area contributed by atoms with E-state index >= 15 is 0 Å². The lowest BCUT2D eigenvalue weighted by Gasteiger charge is -2.38. The Morgan fingerprint density at radius 1 is 1.38 bits per heavy atom. The average Bonchev–Trinajstić information content (AvgIpc) is 2.69. The maximum absolute atomic E-state index is 14.1. The molecule has 1 aromatic rings. The number of piperidine rings is 1. The minimum Gasteiger partial charge on any atom is -0.393 e. The van der Waals surface area contributed by atoms with Crippen molar-refractivity contribution in [1.82, 2.24) is 4.90 Å². The summed E-state index contributed by atoms with van der Waals surface area (Å²) < 4.78 is 14.7. The number of hydrogen-bond acceptors (Lipinski definition) is 2. The molecule has 3 atom stereocenters. The van der Waals surface area contributed by atoms with E-state index in [1.807, 2.05) is 4.90 Å². The summed E-state index contributed by atoms with van der Waals surface area (Å²) in [4.78, 5) is 14.7. The largest absolute Gasteiger partial charge is 0.393 e. The molecule has 1 amide bonds. The average molecular weight is 356 g/mol. The summed E-state index contributed by atoms with van der Waals surface area (Å²) in [7, 11) is 0. The standard InChI is InChI=1S/C16H19BrFNO2/c1-9(14-5-2-10(17)6-15(14)18)16(21)19-11-3-4-12(19)8-13(20)7-11/h2,5-6,9,11-13,20H,3-4,7-8H2,1H3. The highest BCUT2D eigenvalue weighted by atomic mass is 79.9. The number of carbonyl (C=O) groups is 1. The molecule has 2 bridgehead atoms. The van der Waals surface area contributed by atoms with Gasteiger partial charge in [0.05, 0.1) is 12.0 Å². The van der Waals surface area contributed by atoms with Gasteiger partial charge in [0.15, 0.2) is 0 Å². The van der Waals surface area contributed by atoms with E-state index in [-0.39, 0.29) is 29.9 Å². The highest BCUT2D eigenvalue weighted by Crippen LogP contribution is 2.38. The molecule has 3 unspecified atom stereocenters. The van der Waals surface area contributed by atoms with E-state index in [1.54, 1.807) is 19.1 Å². The van der Waals surface area contributed by atoms with E-state index in [2.05, 4.69) is 15.9 Å². The van der Waals surface area contributed by atoms with Gasteiger partial charge < -0.3 is 10.0 Å². The van der Waals surface area contributed by atoms with Gasteiger partial charge in [0, 0.05) is 22.1 Å². The first kappa shape index (κ1) is 15.0. The lowest BCUT2D eigenvalue weighted by Crippen LogP contribution is -2.49. The van der Waals surface area contributed by atoms with Crippen molar-refractivity contribution in [1.29, 1.82) is 0 Å². The van der Waals surface area contributed by atoms with Crippen LogP contribution < -0.4 is 0 Å². The highest BCUT2D eigenvalue weighted by Gasteiger charge is 2.44. The molecule has 2 saturated heterocycles. The first-order valence-corrected chi connectivity index (χ1v) is 8.22. The van der Waals surface area contributed by atoms with Gasteiger partial charge in [-0.05, 0) is 44.7 Å². The molecule has 0 spiro atoms. The van der Waals surface area contributed by atoms with Crippen LogP contribution in [0.4, 0.5) is 4.39 Å². The zero-order chi connectivity index (χ0) is 15.1. The number of hydrogen-bond donors (Lipinski definition) is 1. The van der Waals surface area contributed by atoms with Crippen LogP contribution in [0.3, 0.4) is 0 Å². The summed E-state index contributed by atoms with van der Waals surface area (Å²) >= 11 is 3.23. The molecule has 0 aromatic heterocycles. The molecule has 1 N–H and O–H groups in total. The second kappa shape index (κ2) is 5.69. The van der Waals surface area contributed by atoms with Crippen molar-refractivity contribution in [2.24, 2.45) is 0 Å². The van der Waals surface area contributed by atoms with E-state index in [0.29, 0.717) is 22.9 Å². The molecule has 2 aliphatic heterocycles. The van der Waals surface area contributed by atoms with Crippen LogP contribution in [0, 0.1) is 5.82 Å². The van der Waals surface area contributed by atoms with Crippen molar-refractivity contribution >= 4 is 21.8 Å². The first-order chi connectivity index (χ1) is 9.97. The molecular formula is C16H19BrFNO2. The summed E-state index contributed by atoms with van der Waals surface area (Å²) in [6, 6.07) is 5.06. The zero-order valence-corrected chi connectivity index (χ0v) is 13.5. The van der Waals surface area contributed by atoms with Gasteiger partial charge in [0.2, 0.25) is 5.91 Å². The monoisotopic (exact) mass is 355 g/mol. The molecule has 21 heavy (non-hydrogen) atoms. The quantitative estimate of drug-likeness (QED) is 0.884. The zero-order valence-electron chi connectivity index (χ0n) is 11.9. The van der Waals surface area contributed by atoms with Crippen LogP contribution in [0.5, 0.6) is 0 Å². The minimum atomic E-state index is -0.489. The Labute approximate surface area is 132 Å². The third-order valence-electron chi connectivity index (χ3n) is 4.76. The molecule has 2 fully saturated rings. The molecule has 1 aromatic carbocycles. The van der Waals surface area contributed by atoms with Gasteiger partial charge in [0.1, 0.15) is 5.82 Å². The summed E-state index contributed by atoms with van der Waals surface area (Å²) in [5.41, 5.74) is 0.439. The number of fused-ring (bicyclic) bond motifs is 2. The SMILES string of the molecule is CC(C(=O)N1C2CCC1CC(O)C2)c1ccc(Br)cc1F. The van der Waals surface area contributed by atoms with Crippen molar-refractivity contribution in [3.8, 4) is 0 Å². The van der Waals surface area contributed by atoms with E-state index in [9.17, 15) is 14.3 Å². The van der Waals surface area contributed by atoms with Crippen LogP contribution in [0.25, 0.3) is 0 Å². The number of nitrogens with zero attached hydrogens (tertiary/aromatic N) is 1. The van der Waals surface area contributed by atoms with Gasteiger partial charge in [-0.3, -0.25) is 4.79 Å². The number of rotatable bonds is 2. The Morgan fingerprint density at radius 3 is 2.57 bits per heavy atom. The second-order valence-corrected chi connectivity index (χ2v) is 7.06. The number of halogens is 2. The van der Waals surface area contributed by atoms with Gasteiger partial charge >= 0.3 is 0 Å². The predicted molar refractivity (Wildman–Crippen MR) is 81.4 cm³/mol. The van der Waals surface area contributed by atoms with Crippen LogP contribution in [-0.2, 0) is 4.79 Å². The molecule has 114 valence electrons. The molecule has 3 nitrogen and oxygen atoms in total. The maximum Gasteiger partial charge on any atom is 0.230 e. The van der Waals surface area contributed by atoms with Crippen LogP contribution in [0.15, 0.2) is 22.7 Å². The molecule has 2 heterocycles. The Hall–Kier alpha value is -0.940. The summed E-state index contributed by atoms with van der Waals surface area (Å²) in [6.45, 7) is 1.76. The van der Waals surface area contributed by atoms with E-state index in [1.165, 1.54) is 6.07 Å². The van der Waals surface area contributed by atoms with Gasteiger partial charge in [-0.15, -0.1) is 0 Å². The topological polar surface area (TPSA) is 40.5 Å². The van der Waals surface area contributed by atoms with Gasteiger partial charge in [-0.2, -0.15) is 0 Å². The van der Waals surface area contributed by atoms with E-state index in [4.69, 9.17) is 0 Å². The fraction of sp³-hybridized carbons (Fsp3) is 0.562. The molecule has 5 heteroatoms. The van der Waals surface area contributed by atoms with Crippen molar-refractivity contribution in [3.63, 3.8) is 0 Å². The van der Waals surface area contributed by atoms with E-state index < -0.39 is 5.92 Å².